The smallest absolute Gasteiger partial charge is 0.252 e. The number of rotatable bonds is 8. The summed E-state index contributed by atoms with van der Waals surface area (Å²) in [5.41, 5.74) is 2.75. The van der Waals surface area contributed by atoms with Gasteiger partial charge in [0.05, 0.1) is 18.2 Å². The number of tetrazole rings is 1. The Morgan fingerprint density at radius 2 is 2.06 bits per heavy atom. The van der Waals surface area contributed by atoms with Crippen molar-refractivity contribution in [2.75, 3.05) is 13.2 Å². The lowest BCUT2D eigenvalue weighted by atomic mass is 10.1. The van der Waals surface area contributed by atoms with E-state index in [1.165, 1.54) is 12.8 Å². The minimum Gasteiger partial charge on any atom is -0.377 e. The van der Waals surface area contributed by atoms with E-state index in [1.807, 2.05) is 19.1 Å². The lowest BCUT2D eigenvalue weighted by molar-refractivity contribution is 0.0484. The Hall–Kier alpha value is -2.58. The zero-order chi connectivity index (χ0) is 22.8. The molecule has 2 aromatic heterocycles. The molecule has 1 saturated heterocycles. The minimum atomic E-state index is -0.0318. The molecule has 0 radical (unpaired) electrons. The molecule has 0 bridgehead atoms. The lowest BCUT2D eigenvalue weighted by Crippen LogP contribution is -2.38. The Balaban J connectivity index is 1.48. The highest BCUT2D eigenvalue weighted by Crippen LogP contribution is 2.33. The molecule has 1 saturated carbocycles. The van der Waals surface area contributed by atoms with Crippen LogP contribution in [-0.2, 0) is 11.3 Å². The highest BCUT2D eigenvalue weighted by molar-refractivity contribution is 5.79. The average Bonchev–Trinajstić information content (AvgIpc) is 3.57. The van der Waals surface area contributed by atoms with Gasteiger partial charge < -0.3 is 9.72 Å². The first-order valence-corrected chi connectivity index (χ1v) is 12.4. The molecule has 33 heavy (non-hydrogen) atoms. The second kappa shape index (κ2) is 9.73. The van der Waals surface area contributed by atoms with Crippen molar-refractivity contribution in [1.29, 1.82) is 0 Å². The molecule has 2 unspecified atom stereocenters. The van der Waals surface area contributed by atoms with Gasteiger partial charge in [-0.05, 0) is 72.5 Å². The predicted molar refractivity (Wildman–Crippen MR) is 127 cm³/mol. The summed E-state index contributed by atoms with van der Waals surface area (Å²) in [4.78, 5) is 18.5. The highest BCUT2D eigenvalue weighted by atomic mass is 16.5. The van der Waals surface area contributed by atoms with Crippen LogP contribution in [0.4, 0.5) is 0 Å². The van der Waals surface area contributed by atoms with Crippen LogP contribution >= 0.6 is 0 Å². The molecule has 1 N–H and O–H groups in total. The zero-order valence-electron chi connectivity index (χ0n) is 19.7. The number of nitrogens with one attached hydrogen (secondary N) is 1. The predicted octanol–water partition coefficient (Wildman–Crippen LogP) is 4.07. The van der Waals surface area contributed by atoms with Gasteiger partial charge >= 0.3 is 0 Å². The number of benzene rings is 1. The van der Waals surface area contributed by atoms with Crippen molar-refractivity contribution < 1.29 is 4.74 Å². The quantitative estimate of drug-likeness (QED) is 0.556. The molecule has 5 rings (SSSR count). The van der Waals surface area contributed by atoms with Crippen LogP contribution in [0.2, 0.25) is 0 Å². The monoisotopic (exact) mass is 450 g/mol. The second-order valence-electron chi connectivity index (χ2n) is 9.62. The SMILES string of the molecule is CCC(c1nnnn1C1CCCC1)N(Cc1cc2ccc(C)cc2[nH]c1=O)CC1CCCO1. The van der Waals surface area contributed by atoms with Crippen molar-refractivity contribution >= 4 is 10.9 Å². The van der Waals surface area contributed by atoms with Gasteiger partial charge in [-0.2, -0.15) is 0 Å². The summed E-state index contributed by atoms with van der Waals surface area (Å²) in [6.07, 6.45) is 7.90. The molecule has 1 aliphatic carbocycles. The van der Waals surface area contributed by atoms with Gasteiger partial charge in [-0.1, -0.05) is 31.9 Å². The molecule has 2 atom stereocenters. The number of H-pyrrole nitrogens is 1. The molecule has 1 aliphatic heterocycles. The number of nitrogens with zero attached hydrogens (tertiary/aromatic N) is 5. The molecule has 2 aliphatic rings. The molecule has 3 aromatic rings. The molecule has 8 nitrogen and oxygen atoms in total. The maximum absolute atomic E-state index is 13.0. The zero-order valence-corrected chi connectivity index (χ0v) is 19.7. The van der Waals surface area contributed by atoms with Crippen LogP contribution in [0.1, 0.15) is 80.9 Å². The topological polar surface area (TPSA) is 88.9 Å². The Kier molecular flexibility index (Phi) is 6.55. The highest BCUT2D eigenvalue weighted by Gasteiger charge is 2.31. The van der Waals surface area contributed by atoms with Crippen LogP contribution < -0.4 is 5.56 Å². The van der Waals surface area contributed by atoms with Gasteiger partial charge in [0.25, 0.3) is 5.56 Å². The second-order valence-corrected chi connectivity index (χ2v) is 9.62. The van der Waals surface area contributed by atoms with Crippen LogP contribution in [0.3, 0.4) is 0 Å². The number of aromatic nitrogens is 5. The molecule has 2 fully saturated rings. The maximum atomic E-state index is 13.0. The number of pyridine rings is 1. The van der Waals surface area contributed by atoms with E-state index in [2.05, 4.69) is 49.1 Å². The Bertz CT molecular complexity index is 1140. The van der Waals surface area contributed by atoms with Gasteiger partial charge in [-0.25, -0.2) is 4.68 Å². The molecule has 176 valence electrons. The first kappa shape index (κ1) is 22.2. The fourth-order valence-corrected chi connectivity index (χ4v) is 5.48. The van der Waals surface area contributed by atoms with E-state index in [4.69, 9.17) is 4.74 Å². The first-order valence-electron chi connectivity index (χ1n) is 12.4. The number of hydrogen-bond acceptors (Lipinski definition) is 6. The third-order valence-corrected chi connectivity index (χ3v) is 7.23. The van der Waals surface area contributed by atoms with Gasteiger partial charge in [0.2, 0.25) is 0 Å². The third kappa shape index (κ3) is 4.73. The largest absolute Gasteiger partial charge is 0.377 e. The van der Waals surface area contributed by atoms with Crippen molar-refractivity contribution in [1.82, 2.24) is 30.1 Å². The van der Waals surface area contributed by atoms with E-state index >= 15 is 0 Å². The molecular weight excluding hydrogens is 416 g/mol. The van der Waals surface area contributed by atoms with Crippen molar-refractivity contribution in [3.05, 3.63) is 51.6 Å². The number of hydrogen-bond donors (Lipinski definition) is 1. The summed E-state index contributed by atoms with van der Waals surface area (Å²) in [7, 11) is 0. The summed E-state index contributed by atoms with van der Waals surface area (Å²) in [6, 6.07) is 8.61. The number of fused-ring (bicyclic) bond motifs is 1. The summed E-state index contributed by atoms with van der Waals surface area (Å²) >= 11 is 0. The molecule has 3 heterocycles. The Labute approximate surface area is 194 Å². The van der Waals surface area contributed by atoms with Crippen molar-refractivity contribution in [2.45, 2.75) is 83.5 Å². The van der Waals surface area contributed by atoms with Gasteiger partial charge in [0.1, 0.15) is 0 Å². The number of aromatic amines is 1. The number of aryl methyl sites for hydroxylation is 1. The Morgan fingerprint density at radius 1 is 1.21 bits per heavy atom. The minimum absolute atomic E-state index is 0.0258. The van der Waals surface area contributed by atoms with Gasteiger partial charge in [-0.3, -0.25) is 9.69 Å². The lowest BCUT2D eigenvalue weighted by Gasteiger charge is -2.32. The van der Waals surface area contributed by atoms with Crippen LogP contribution in [-0.4, -0.2) is 49.3 Å². The van der Waals surface area contributed by atoms with Crippen molar-refractivity contribution in [3.8, 4) is 0 Å². The summed E-state index contributed by atoms with van der Waals surface area (Å²) in [6.45, 7) is 6.32. The van der Waals surface area contributed by atoms with Gasteiger partial charge in [0, 0.05) is 30.8 Å². The van der Waals surface area contributed by atoms with E-state index in [9.17, 15) is 4.79 Å². The van der Waals surface area contributed by atoms with Crippen LogP contribution in [0.5, 0.6) is 0 Å². The molecule has 0 spiro atoms. The molecule has 1 aromatic carbocycles. The molecule has 0 amide bonds. The van der Waals surface area contributed by atoms with Gasteiger partial charge in [-0.15, -0.1) is 5.10 Å². The van der Waals surface area contributed by atoms with Crippen molar-refractivity contribution in [2.24, 2.45) is 0 Å². The number of ether oxygens (including phenoxy) is 1. The average molecular weight is 451 g/mol. The fourth-order valence-electron chi connectivity index (χ4n) is 5.48. The summed E-state index contributed by atoms with van der Waals surface area (Å²) in [5.74, 6) is 0.912. The summed E-state index contributed by atoms with van der Waals surface area (Å²) < 4.78 is 8.04. The Morgan fingerprint density at radius 3 is 2.82 bits per heavy atom. The van der Waals surface area contributed by atoms with Crippen LogP contribution in [0.25, 0.3) is 10.9 Å². The molecular formula is C25H34N6O2. The van der Waals surface area contributed by atoms with E-state index in [0.29, 0.717) is 12.6 Å². The fraction of sp³-hybridized carbons (Fsp3) is 0.600. The van der Waals surface area contributed by atoms with Crippen molar-refractivity contribution in [3.63, 3.8) is 0 Å². The first-order chi connectivity index (χ1) is 16.1. The van der Waals surface area contributed by atoms with E-state index in [0.717, 1.165) is 73.1 Å². The normalized spacial score (nSPS) is 20.3. The van der Waals surface area contributed by atoms with Crippen LogP contribution in [0.15, 0.2) is 29.1 Å². The maximum Gasteiger partial charge on any atom is 0.252 e. The van der Waals surface area contributed by atoms with E-state index in [-0.39, 0.29) is 17.7 Å². The standard InChI is InChI=1S/C25H34N6O2/c1-3-23(24-27-28-29-31(24)20-7-4-5-8-20)30(16-21-9-6-12-33-21)15-19-14-18-11-10-17(2)13-22(18)26-25(19)32/h10-11,13-14,20-21,23H,3-9,12,15-16H2,1-2H3,(H,26,32). The van der Waals surface area contributed by atoms with E-state index in [1.54, 1.807) is 0 Å². The van der Waals surface area contributed by atoms with Gasteiger partial charge in [0.15, 0.2) is 5.82 Å². The van der Waals surface area contributed by atoms with E-state index < -0.39 is 0 Å². The van der Waals surface area contributed by atoms with Crippen LogP contribution in [0, 0.1) is 6.92 Å². The molecule has 8 heteroatoms. The summed E-state index contributed by atoms with van der Waals surface area (Å²) in [5, 5.41) is 14.0. The third-order valence-electron chi connectivity index (χ3n) is 7.23.